The Balaban J connectivity index is 0.00000364. The quantitative estimate of drug-likeness (QED) is 0.188. The number of nitrogens with one attached hydrogen (secondary N) is 2. The molecule has 0 aliphatic heterocycles. The van der Waals surface area contributed by atoms with Gasteiger partial charge in [-0.2, -0.15) is 0 Å². The number of aliphatic hydroxyl groups is 1. The van der Waals surface area contributed by atoms with Gasteiger partial charge < -0.3 is 24.9 Å². The smallest absolute Gasteiger partial charge is 0.191 e. The van der Waals surface area contributed by atoms with Gasteiger partial charge in [0.1, 0.15) is 11.4 Å². The zero-order valence-corrected chi connectivity index (χ0v) is 19.1. The van der Waals surface area contributed by atoms with Crippen molar-refractivity contribution in [2.45, 2.75) is 32.3 Å². The number of ether oxygens (including phenoxy) is 1. The number of rotatable bonds is 11. The second-order valence-electron chi connectivity index (χ2n) is 6.15. The Morgan fingerprint density at radius 3 is 2.78 bits per heavy atom. The molecule has 1 atom stereocenters. The van der Waals surface area contributed by atoms with E-state index < -0.39 is 5.60 Å². The van der Waals surface area contributed by atoms with Gasteiger partial charge >= 0.3 is 0 Å². The molecular weight excluding hydrogens is 477 g/mol. The molecule has 0 aromatic carbocycles. The highest BCUT2D eigenvalue weighted by molar-refractivity contribution is 14.0. The van der Waals surface area contributed by atoms with Gasteiger partial charge in [-0.05, 0) is 43.8 Å². The van der Waals surface area contributed by atoms with E-state index in [9.17, 15) is 5.11 Å². The molecule has 0 bridgehead atoms. The highest BCUT2D eigenvalue weighted by Gasteiger charge is 2.24. The number of furan rings is 1. The maximum absolute atomic E-state index is 10.7. The van der Waals surface area contributed by atoms with E-state index in [1.807, 2.05) is 36.6 Å². The minimum absolute atomic E-state index is 0. The van der Waals surface area contributed by atoms with Crippen LogP contribution in [0.2, 0.25) is 0 Å². The number of hydrogen-bond acceptors (Lipinski definition) is 5. The van der Waals surface area contributed by atoms with E-state index in [-0.39, 0.29) is 30.5 Å². The standard InChI is InChI=1S/C19H29N3O3S.HI/c1-3-24-12-6-10-20-18(21-11-9-16-7-4-13-25-16)22-15-19(2,23)17-8-5-14-26-17;/h4-5,7-8,13-14,23H,3,6,9-12,15H2,1-2H3,(H2,20,21,22);1H. The third kappa shape index (κ3) is 9.09. The number of thiophene rings is 1. The van der Waals surface area contributed by atoms with Crippen LogP contribution in [0.25, 0.3) is 0 Å². The fraction of sp³-hybridized carbons (Fsp3) is 0.526. The molecule has 0 spiro atoms. The molecule has 8 heteroatoms. The lowest BCUT2D eigenvalue weighted by molar-refractivity contribution is 0.0711. The monoisotopic (exact) mass is 507 g/mol. The molecule has 0 saturated heterocycles. The van der Waals surface area contributed by atoms with Gasteiger partial charge in [0.15, 0.2) is 5.96 Å². The molecule has 0 radical (unpaired) electrons. The summed E-state index contributed by atoms with van der Waals surface area (Å²) in [6.45, 7) is 6.97. The summed E-state index contributed by atoms with van der Waals surface area (Å²) < 4.78 is 10.7. The lowest BCUT2D eigenvalue weighted by Crippen LogP contribution is -2.40. The van der Waals surface area contributed by atoms with Gasteiger partial charge in [-0.15, -0.1) is 35.3 Å². The van der Waals surface area contributed by atoms with Crippen molar-refractivity contribution in [1.82, 2.24) is 10.6 Å². The SMILES string of the molecule is CCOCCCNC(=NCC(C)(O)c1cccs1)NCCc1ccco1.I. The van der Waals surface area contributed by atoms with Crippen molar-refractivity contribution in [2.24, 2.45) is 4.99 Å². The second kappa shape index (κ2) is 13.1. The fourth-order valence-electron chi connectivity index (χ4n) is 2.35. The van der Waals surface area contributed by atoms with Crippen LogP contribution in [0.3, 0.4) is 0 Å². The van der Waals surface area contributed by atoms with Crippen molar-refractivity contribution in [1.29, 1.82) is 0 Å². The highest BCUT2D eigenvalue weighted by Crippen LogP contribution is 2.25. The molecule has 2 heterocycles. The summed E-state index contributed by atoms with van der Waals surface area (Å²) in [6, 6.07) is 7.70. The number of nitrogens with zero attached hydrogens (tertiary/aromatic N) is 1. The number of aliphatic imine (C=N–C) groups is 1. The summed E-state index contributed by atoms with van der Waals surface area (Å²) in [5, 5.41) is 19.2. The number of guanidine groups is 1. The summed E-state index contributed by atoms with van der Waals surface area (Å²) in [6.07, 6.45) is 3.34. The Kier molecular flexibility index (Phi) is 11.7. The average Bonchev–Trinajstić information content (AvgIpc) is 3.32. The molecule has 2 rings (SSSR count). The minimum Gasteiger partial charge on any atom is -0.469 e. The number of halogens is 1. The Hall–Kier alpha value is -1.10. The second-order valence-corrected chi connectivity index (χ2v) is 7.10. The van der Waals surface area contributed by atoms with Crippen molar-refractivity contribution < 1.29 is 14.3 Å². The number of hydrogen-bond donors (Lipinski definition) is 3. The Morgan fingerprint density at radius 1 is 1.30 bits per heavy atom. The first-order chi connectivity index (χ1) is 12.6. The van der Waals surface area contributed by atoms with Gasteiger partial charge in [0.25, 0.3) is 0 Å². The lowest BCUT2D eigenvalue weighted by atomic mass is 10.1. The molecular formula is C19H30IN3O3S. The summed E-state index contributed by atoms with van der Waals surface area (Å²) >= 11 is 1.54. The van der Waals surface area contributed by atoms with E-state index in [1.54, 1.807) is 13.2 Å². The molecule has 2 aromatic heterocycles. The topological polar surface area (TPSA) is 79.0 Å². The van der Waals surface area contributed by atoms with E-state index in [2.05, 4.69) is 15.6 Å². The van der Waals surface area contributed by atoms with Gasteiger partial charge in [0.05, 0.1) is 12.8 Å². The first-order valence-electron chi connectivity index (χ1n) is 9.00. The molecule has 0 saturated carbocycles. The van der Waals surface area contributed by atoms with Crippen molar-refractivity contribution in [2.75, 3.05) is 32.8 Å². The van der Waals surface area contributed by atoms with Gasteiger partial charge in [-0.1, -0.05) is 6.07 Å². The summed E-state index contributed by atoms with van der Waals surface area (Å²) in [7, 11) is 0. The maximum atomic E-state index is 10.7. The van der Waals surface area contributed by atoms with Gasteiger partial charge in [0.2, 0.25) is 0 Å². The summed E-state index contributed by atoms with van der Waals surface area (Å²) in [4.78, 5) is 5.48. The normalized spacial score (nSPS) is 13.7. The van der Waals surface area contributed by atoms with E-state index in [4.69, 9.17) is 9.15 Å². The zero-order chi connectivity index (χ0) is 18.7. The molecule has 152 valence electrons. The predicted molar refractivity (Wildman–Crippen MR) is 121 cm³/mol. The van der Waals surface area contributed by atoms with E-state index in [0.717, 1.165) is 43.2 Å². The lowest BCUT2D eigenvalue weighted by Gasteiger charge is -2.20. The third-order valence-electron chi connectivity index (χ3n) is 3.80. The Morgan fingerprint density at radius 2 is 2.11 bits per heavy atom. The van der Waals surface area contributed by atoms with Crippen molar-refractivity contribution in [3.8, 4) is 0 Å². The van der Waals surface area contributed by atoms with E-state index in [0.29, 0.717) is 12.5 Å². The molecule has 0 fully saturated rings. The van der Waals surface area contributed by atoms with Crippen LogP contribution in [0, 0.1) is 0 Å². The van der Waals surface area contributed by atoms with E-state index in [1.165, 1.54) is 11.3 Å². The third-order valence-corrected chi connectivity index (χ3v) is 4.93. The zero-order valence-electron chi connectivity index (χ0n) is 15.9. The van der Waals surface area contributed by atoms with Crippen molar-refractivity contribution >= 4 is 41.3 Å². The molecule has 0 aliphatic rings. The highest BCUT2D eigenvalue weighted by atomic mass is 127. The van der Waals surface area contributed by atoms with Gasteiger partial charge in [-0.25, -0.2) is 4.99 Å². The molecule has 3 N–H and O–H groups in total. The molecule has 1 unspecified atom stereocenters. The largest absolute Gasteiger partial charge is 0.469 e. The fourth-order valence-corrected chi connectivity index (χ4v) is 3.13. The molecule has 0 aliphatic carbocycles. The first kappa shape index (κ1) is 23.9. The van der Waals surface area contributed by atoms with E-state index >= 15 is 0 Å². The predicted octanol–water partition coefficient (Wildman–Crippen LogP) is 3.37. The molecule has 2 aromatic rings. The van der Waals surface area contributed by atoms with Crippen LogP contribution >= 0.6 is 35.3 Å². The Labute approximate surface area is 182 Å². The van der Waals surface area contributed by atoms with Gasteiger partial charge in [0, 0.05) is 37.6 Å². The molecule has 0 amide bonds. The van der Waals surface area contributed by atoms with Crippen molar-refractivity contribution in [3.63, 3.8) is 0 Å². The van der Waals surface area contributed by atoms with Gasteiger partial charge in [-0.3, -0.25) is 0 Å². The van der Waals surface area contributed by atoms with Crippen molar-refractivity contribution in [3.05, 3.63) is 46.5 Å². The minimum atomic E-state index is -0.977. The average molecular weight is 507 g/mol. The summed E-state index contributed by atoms with van der Waals surface area (Å²) in [5.74, 6) is 1.61. The summed E-state index contributed by atoms with van der Waals surface area (Å²) in [5.41, 5.74) is -0.977. The van der Waals surface area contributed by atoms with Crippen LogP contribution in [0.4, 0.5) is 0 Å². The van der Waals surface area contributed by atoms with Crippen LogP contribution in [-0.2, 0) is 16.8 Å². The first-order valence-corrected chi connectivity index (χ1v) is 9.88. The maximum Gasteiger partial charge on any atom is 0.191 e. The van der Waals surface area contributed by atoms with Crippen LogP contribution < -0.4 is 10.6 Å². The van der Waals surface area contributed by atoms with Crippen LogP contribution in [0.5, 0.6) is 0 Å². The molecule has 6 nitrogen and oxygen atoms in total. The Bertz CT molecular complexity index is 631. The molecule has 27 heavy (non-hydrogen) atoms. The van der Waals surface area contributed by atoms with Crippen LogP contribution in [0.15, 0.2) is 45.3 Å². The van der Waals surface area contributed by atoms with Crippen LogP contribution in [-0.4, -0.2) is 43.9 Å². The van der Waals surface area contributed by atoms with Crippen LogP contribution in [0.1, 0.15) is 30.9 Å².